The summed E-state index contributed by atoms with van der Waals surface area (Å²) < 4.78 is 2.17. The number of aryl methyl sites for hydroxylation is 1. The van der Waals surface area contributed by atoms with E-state index in [2.05, 4.69) is 48.5 Å². The van der Waals surface area contributed by atoms with Gasteiger partial charge in [-0.05, 0) is 30.5 Å². The molecule has 0 N–H and O–H groups in total. The summed E-state index contributed by atoms with van der Waals surface area (Å²) in [5.41, 5.74) is 3.63. The molecule has 0 saturated heterocycles. The van der Waals surface area contributed by atoms with E-state index in [1.165, 1.54) is 11.3 Å². The summed E-state index contributed by atoms with van der Waals surface area (Å²) in [7, 11) is 0. The third kappa shape index (κ3) is 2.38. The zero-order valence-corrected chi connectivity index (χ0v) is 10.3. The van der Waals surface area contributed by atoms with Crippen LogP contribution >= 0.6 is 0 Å². The molecule has 0 atom stereocenters. The first-order chi connectivity index (χ1) is 7.18. The minimum atomic E-state index is 0.539. The van der Waals surface area contributed by atoms with E-state index in [0.29, 0.717) is 5.92 Å². The van der Waals surface area contributed by atoms with Gasteiger partial charge in [-0.2, -0.15) is 0 Å². The minimum Gasteiger partial charge on any atom is -0.305 e. The van der Waals surface area contributed by atoms with E-state index in [1.807, 2.05) is 20.0 Å². The van der Waals surface area contributed by atoms with Gasteiger partial charge in [-0.15, -0.1) is 0 Å². The van der Waals surface area contributed by atoms with Crippen molar-refractivity contribution in [2.45, 2.75) is 40.5 Å². The molecule has 0 bridgehead atoms. The van der Waals surface area contributed by atoms with Gasteiger partial charge in [-0.25, -0.2) is 4.98 Å². The molecule has 0 aromatic carbocycles. The van der Waals surface area contributed by atoms with Crippen LogP contribution in [0, 0.1) is 6.92 Å². The smallest absolute Gasteiger partial charge is 0.137 e. The highest BCUT2D eigenvalue weighted by Gasteiger charge is 2.05. The lowest BCUT2D eigenvalue weighted by molar-refractivity contribution is 0.795. The molecular formula is C13H20N2. The van der Waals surface area contributed by atoms with Gasteiger partial charge in [-0.1, -0.05) is 27.7 Å². The fourth-order valence-electron chi connectivity index (χ4n) is 1.63. The lowest BCUT2D eigenvalue weighted by Crippen LogP contribution is -1.98. The predicted octanol–water partition coefficient (Wildman–Crippen LogP) is 3.79. The van der Waals surface area contributed by atoms with Crippen LogP contribution in [0.4, 0.5) is 0 Å². The molecule has 2 aromatic rings. The summed E-state index contributed by atoms with van der Waals surface area (Å²) in [6, 6.07) is 4.18. The molecule has 0 aliphatic carbocycles. The molecule has 0 radical (unpaired) electrons. The van der Waals surface area contributed by atoms with Crippen molar-refractivity contribution in [3.05, 3.63) is 35.8 Å². The fraction of sp³-hybridized carbons (Fsp3) is 0.462. The summed E-state index contributed by atoms with van der Waals surface area (Å²) in [5, 5.41) is 0. The number of aromatic nitrogens is 2. The summed E-state index contributed by atoms with van der Waals surface area (Å²) in [6.45, 7) is 10.5. The SMILES string of the molecule is CC.Cc1cc2nccc(C(C)C)n2c1. The van der Waals surface area contributed by atoms with Crippen molar-refractivity contribution in [2.75, 3.05) is 0 Å². The van der Waals surface area contributed by atoms with Gasteiger partial charge in [0.2, 0.25) is 0 Å². The van der Waals surface area contributed by atoms with Crippen LogP contribution in [-0.2, 0) is 0 Å². The van der Waals surface area contributed by atoms with Crippen LogP contribution in [0.1, 0.15) is 44.9 Å². The second-order valence-electron chi connectivity index (χ2n) is 3.77. The maximum atomic E-state index is 4.31. The van der Waals surface area contributed by atoms with Crippen molar-refractivity contribution in [1.82, 2.24) is 9.38 Å². The Morgan fingerprint density at radius 1 is 1.27 bits per heavy atom. The highest BCUT2D eigenvalue weighted by molar-refractivity contribution is 5.44. The van der Waals surface area contributed by atoms with E-state index in [9.17, 15) is 0 Å². The molecule has 82 valence electrons. The van der Waals surface area contributed by atoms with Gasteiger partial charge in [0, 0.05) is 18.1 Å². The Morgan fingerprint density at radius 2 is 1.93 bits per heavy atom. The predicted molar refractivity (Wildman–Crippen MR) is 65.4 cm³/mol. The van der Waals surface area contributed by atoms with Gasteiger partial charge < -0.3 is 4.40 Å². The van der Waals surface area contributed by atoms with Gasteiger partial charge >= 0.3 is 0 Å². The molecular weight excluding hydrogens is 184 g/mol. The molecule has 0 aliphatic heterocycles. The Morgan fingerprint density at radius 3 is 2.53 bits per heavy atom. The molecule has 2 aromatic heterocycles. The highest BCUT2D eigenvalue weighted by atomic mass is 15.0. The van der Waals surface area contributed by atoms with E-state index >= 15 is 0 Å². The molecule has 2 heterocycles. The Kier molecular flexibility index (Phi) is 3.89. The van der Waals surface area contributed by atoms with Crippen molar-refractivity contribution in [3.8, 4) is 0 Å². The molecule has 0 fully saturated rings. The van der Waals surface area contributed by atoms with Crippen LogP contribution in [0.3, 0.4) is 0 Å². The molecule has 0 aliphatic rings. The van der Waals surface area contributed by atoms with Crippen molar-refractivity contribution < 1.29 is 0 Å². The first kappa shape index (κ1) is 11.8. The van der Waals surface area contributed by atoms with Crippen LogP contribution in [0.5, 0.6) is 0 Å². The summed E-state index contributed by atoms with van der Waals surface area (Å²) in [6.07, 6.45) is 4.02. The van der Waals surface area contributed by atoms with Crippen LogP contribution < -0.4 is 0 Å². The molecule has 0 amide bonds. The molecule has 15 heavy (non-hydrogen) atoms. The van der Waals surface area contributed by atoms with Crippen LogP contribution in [0.15, 0.2) is 24.5 Å². The van der Waals surface area contributed by atoms with Crippen molar-refractivity contribution in [2.24, 2.45) is 0 Å². The quantitative estimate of drug-likeness (QED) is 0.690. The monoisotopic (exact) mass is 204 g/mol. The van der Waals surface area contributed by atoms with Gasteiger partial charge in [0.1, 0.15) is 5.65 Å². The maximum Gasteiger partial charge on any atom is 0.137 e. The molecule has 0 unspecified atom stereocenters. The minimum absolute atomic E-state index is 0.539. The average Bonchev–Trinajstić information content (AvgIpc) is 2.60. The van der Waals surface area contributed by atoms with Crippen LogP contribution in [-0.4, -0.2) is 9.38 Å². The Balaban J connectivity index is 0.000000531. The molecule has 2 nitrogen and oxygen atoms in total. The maximum absolute atomic E-state index is 4.31. The zero-order valence-electron chi connectivity index (χ0n) is 10.3. The lowest BCUT2D eigenvalue weighted by atomic mass is 10.1. The third-order valence-corrected chi connectivity index (χ3v) is 2.26. The molecule has 2 heteroatoms. The van der Waals surface area contributed by atoms with E-state index in [0.717, 1.165) is 5.65 Å². The second kappa shape index (κ2) is 4.96. The standard InChI is InChI=1S/C11H14N2.C2H6/c1-8(2)10-4-5-12-11-6-9(3)7-13(10)11;1-2/h4-8H,1-3H3;1-2H3. The van der Waals surface area contributed by atoms with Gasteiger partial charge in [-0.3, -0.25) is 0 Å². The fourth-order valence-corrected chi connectivity index (χ4v) is 1.63. The first-order valence-corrected chi connectivity index (χ1v) is 5.62. The first-order valence-electron chi connectivity index (χ1n) is 5.62. The van der Waals surface area contributed by atoms with Crippen LogP contribution in [0.25, 0.3) is 5.65 Å². The normalized spacial score (nSPS) is 10.3. The number of rotatable bonds is 1. The third-order valence-electron chi connectivity index (χ3n) is 2.26. The van der Waals surface area contributed by atoms with Gasteiger partial charge in [0.15, 0.2) is 0 Å². The Bertz CT molecular complexity index is 427. The number of fused-ring (bicyclic) bond motifs is 1. The van der Waals surface area contributed by atoms with Crippen molar-refractivity contribution in [3.63, 3.8) is 0 Å². The van der Waals surface area contributed by atoms with E-state index in [-0.39, 0.29) is 0 Å². The molecule has 0 saturated carbocycles. The van der Waals surface area contributed by atoms with Gasteiger partial charge in [0.25, 0.3) is 0 Å². The zero-order chi connectivity index (χ0) is 11.4. The van der Waals surface area contributed by atoms with Gasteiger partial charge in [0.05, 0.1) is 0 Å². The average molecular weight is 204 g/mol. The largest absolute Gasteiger partial charge is 0.305 e. The second-order valence-corrected chi connectivity index (χ2v) is 3.77. The summed E-state index contributed by atoms with van der Waals surface area (Å²) >= 11 is 0. The summed E-state index contributed by atoms with van der Waals surface area (Å²) in [5.74, 6) is 0.539. The van der Waals surface area contributed by atoms with Crippen molar-refractivity contribution >= 4 is 5.65 Å². The van der Waals surface area contributed by atoms with E-state index in [1.54, 1.807) is 0 Å². The van der Waals surface area contributed by atoms with E-state index in [4.69, 9.17) is 0 Å². The molecule has 2 rings (SSSR count). The summed E-state index contributed by atoms with van der Waals surface area (Å²) in [4.78, 5) is 4.31. The highest BCUT2D eigenvalue weighted by Crippen LogP contribution is 2.16. The topological polar surface area (TPSA) is 17.3 Å². The Hall–Kier alpha value is -1.31. The molecule has 0 spiro atoms. The number of hydrogen-bond acceptors (Lipinski definition) is 1. The number of hydrogen-bond donors (Lipinski definition) is 0. The Labute approximate surface area is 92.0 Å². The van der Waals surface area contributed by atoms with Crippen LogP contribution in [0.2, 0.25) is 0 Å². The number of nitrogens with zero attached hydrogens (tertiary/aromatic N) is 2. The van der Waals surface area contributed by atoms with E-state index < -0.39 is 0 Å². The van der Waals surface area contributed by atoms with Crippen molar-refractivity contribution in [1.29, 1.82) is 0 Å². The lowest BCUT2D eigenvalue weighted by Gasteiger charge is -2.07.